The molecular weight excluding hydrogens is 474 g/mol. The van der Waals surface area contributed by atoms with Crippen molar-refractivity contribution in [2.24, 2.45) is 4.40 Å². The lowest BCUT2D eigenvalue weighted by Gasteiger charge is -2.10. The molecule has 1 aliphatic rings. The van der Waals surface area contributed by atoms with Crippen LogP contribution in [0.25, 0.3) is 0 Å². The zero-order valence-corrected chi connectivity index (χ0v) is 20.0. The van der Waals surface area contributed by atoms with E-state index in [0.29, 0.717) is 30.0 Å². The van der Waals surface area contributed by atoms with Gasteiger partial charge < -0.3 is 15.4 Å². The largest absolute Gasteiger partial charge is 0.489 e. The zero-order chi connectivity index (χ0) is 25.0. The highest BCUT2D eigenvalue weighted by molar-refractivity contribution is 7.90. The third-order valence-corrected chi connectivity index (χ3v) is 6.97. The summed E-state index contributed by atoms with van der Waals surface area (Å²) in [6.07, 6.45) is 0. The number of nitrogens with one attached hydrogen (secondary N) is 2. The normalized spacial score (nSPS) is 13.4. The van der Waals surface area contributed by atoms with E-state index in [1.165, 1.54) is 6.07 Å². The van der Waals surface area contributed by atoms with E-state index in [0.717, 1.165) is 16.9 Å². The molecule has 7 nitrogen and oxygen atoms in total. The van der Waals surface area contributed by atoms with Crippen LogP contribution in [-0.2, 0) is 23.2 Å². The third kappa shape index (κ3) is 5.29. The monoisotopic (exact) mass is 497 g/mol. The highest BCUT2D eigenvalue weighted by atomic mass is 32.2. The first-order valence-electron chi connectivity index (χ1n) is 11.3. The van der Waals surface area contributed by atoms with Gasteiger partial charge in [0.2, 0.25) is 0 Å². The van der Waals surface area contributed by atoms with Crippen LogP contribution < -0.4 is 15.4 Å². The molecule has 0 bridgehead atoms. The number of rotatable bonds is 7. The van der Waals surface area contributed by atoms with Crippen molar-refractivity contribution in [1.82, 2.24) is 5.32 Å². The molecule has 0 atom stereocenters. The lowest BCUT2D eigenvalue weighted by atomic mass is 10.1. The molecule has 1 amide bonds. The molecule has 0 saturated carbocycles. The summed E-state index contributed by atoms with van der Waals surface area (Å²) >= 11 is 0. The first-order chi connectivity index (χ1) is 17.5. The number of ether oxygens (including phenoxy) is 1. The second-order valence-electron chi connectivity index (χ2n) is 8.22. The van der Waals surface area contributed by atoms with E-state index >= 15 is 0 Å². The predicted octanol–water partition coefficient (Wildman–Crippen LogP) is 4.76. The number of hydrogen-bond acceptors (Lipinski definition) is 5. The number of anilines is 1. The quantitative estimate of drug-likeness (QED) is 0.384. The fraction of sp³-hybridized carbons (Fsp3) is 0.0714. The van der Waals surface area contributed by atoms with E-state index in [1.807, 2.05) is 54.6 Å². The topological polar surface area (TPSA) is 96.9 Å². The molecule has 180 valence electrons. The van der Waals surface area contributed by atoms with Crippen LogP contribution in [0.5, 0.6) is 5.75 Å². The van der Waals surface area contributed by atoms with Gasteiger partial charge in [-0.15, -0.1) is 4.40 Å². The molecule has 0 aromatic heterocycles. The summed E-state index contributed by atoms with van der Waals surface area (Å²) in [4.78, 5) is 12.8. The van der Waals surface area contributed by atoms with Gasteiger partial charge in [0.1, 0.15) is 17.3 Å². The Morgan fingerprint density at radius 2 is 1.53 bits per heavy atom. The molecule has 0 aliphatic carbocycles. The molecule has 5 rings (SSSR count). The molecule has 4 aromatic carbocycles. The van der Waals surface area contributed by atoms with Crippen molar-refractivity contribution >= 4 is 27.5 Å². The van der Waals surface area contributed by atoms with Crippen molar-refractivity contribution < 1.29 is 17.9 Å². The van der Waals surface area contributed by atoms with Crippen LogP contribution >= 0.6 is 0 Å². The summed E-state index contributed by atoms with van der Waals surface area (Å²) in [5, 5.41) is 5.96. The summed E-state index contributed by atoms with van der Waals surface area (Å²) in [5.41, 5.74) is 3.62. The van der Waals surface area contributed by atoms with Crippen molar-refractivity contribution in [3.63, 3.8) is 0 Å². The SMILES string of the molecule is O=C(NCc1cccc(COc2ccccc2)c1)c1ccc(NC2=NS(=O)(=O)c3ccccc32)cc1. The minimum Gasteiger partial charge on any atom is -0.489 e. The van der Waals surface area contributed by atoms with E-state index < -0.39 is 10.0 Å². The summed E-state index contributed by atoms with van der Waals surface area (Å²) in [7, 11) is -3.70. The molecule has 0 saturated heterocycles. The average Bonchev–Trinajstić information content (AvgIpc) is 3.17. The summed E-state index contributed by atoms with van der Waals surface area (Å²) in [6, 6.07) is 30.9. The van der Waals surface area contributed by atoms with Gasteiger partial charge in [-0.05, 0) is 59.7 Å². The number of sulfonamides is 1. The number of amides is 1. The molecular formula is C28H23N3O4S. The fourth-order valence-corrected chi connectivity index (χ4v) is 5.01. The number of fused-ring (bicyclic) bond motifs is 1. The van der Waals surface area contributed by atoms with Gasteiger partial charge in [-0.1, -0.05) is 54.6 Å². The van der Waals surface area contributed by atoms with Crippen molar-refractivity contribution in [2.45, 2.75) is 18.0 Å². The van der Waals surface area contributed by atoms with Gasteiger partial charge in [-0.25, -0.2) is 0 Å². The van der Waals surface area contributed by atoms with Gasteiger partial charge in [-0.2, -0.15) is 8.42 Å². The molecule has 4 aromatic rings. The van der Waals surface area contributed by atoms with E-state index in [9.17, 15) is 13.2 Å². The maximum Gasteiger partial charge on any atom is 0.285 e. The van der Waals surface area contributed by atoms with Crippen LogP contribution in [-0.4, -0.2) is 20.2 Å². The molecule has 2 N–H and O–H groups in total. The Labute approximate surface area is 209 Å². The average molecular weight is 498 g/mol. The number of hydrogen-bond donors (Lipinski definition) is 2. The van der Waals surface area contributed by atoms with Gasteiger partial charge in [0.25, 0.3) is 15.9 Å². The molecule has 1 aliphatic heterocycles. The van der Waals surface area contributed by atoms with Crippen LogP contribution in [0.1, 0.15) is 27.0 Å². The number of para-hydroxylation sites is 1. The summed E-state index contributed by atoms with van der Waals surface area (Å²) < 4.78 is 34.1. The molecule has 0 radical (unpaired) electrons. The molecule has 8 heteroatoms. The van der Waals surface area contributed by atoms with Crippen LogP contribution in [0, 0.1) is 0 Å². The molecule has 0 spiro atoms. The zero-order valence-electron chi connectivity index (χ0n) is 19.2. The van der Waals surface area contributed by atoms with Gasteiger partial charge in [0, 0.05) is 23.4 Å². The number of carbonyl (C=O) groups excluding carboxylic acids is 1. The maximum absolute atomic E-state index is 12.7. The fourth-order valence-electron chi connectivity index (χ4n) is 3.83. The number of amidine groups is 1. The summed E-state index contributed by atoms with van der Waals surface area (Å²) in [5.74, 6) is 0.859. The van der Waals surface area contributed by atoms with Crippen LogP contribution in [0.15, 0.2) is 112 Å². The van der Waals surface area contributed by atoms with Gasteiger partial charge in [-0.3, -0.25) is 4.79 Å². The minimum atomic E-state index is -3.70. The smallest absolute Gasteiger partial charge is 0.285 e. The van der Waals surface area contributed by atoms with E-state index in [-0.39, 0.29) is 16.6 Å². The van der Waals surface area contributed by atoms with E-state index in [4.69, 9.17) is 4.74 Å². The van der Waals surface area contributed by atoms with Crippen LogP contribution in [0.4, 0.5) is 5.69 Å². The third-order valence-electron chi connectivity index (χ3n) is 5.63. The second-order valence-corrected chi connectivity index (χ2v) is 9.79. The standard InChI is InChI=1S/C28H23N3O4S/c32-28(29-18-20-7-6-8-21(17-20)19-35-24-9-2-1-3-10-24)22-13-15-23(16-14-22)30-27-25-11-4-5-12-26(25)36(33,34)31-27/h1-17H,18-19H2,(H,29,32)(H,30,31). The van der Waals surface area contributed by atoms with Gasteiger partial charge in [0.15, 0.2) is 5.84 Å². The first kappa shape index (κ1) is 23.3. The maximum atomic E-state index is 12.7. The minimum absolute atomic E-state index is 0.180. The Kier molecular flexibility index (Phi) is 6.51. The first-order valence-corrected chi connectivity index (χ1v) is 12.8. The van der Waals surface area contributed by atoms with E-state index in [2.05, 4.69) is 15.0 Å². The molecule has 36 heavy (non-hydrogen) atoms. The molecule has 0 unspecified atom stereocenters. The van der Waals surface area contributed by atoms with Crippen molar-refractivity contribution in [1.29, 1.82) is 0 Å². The lowest BCUT2D eigenvalue weighted by Crippen LogP contribution is -2.22. The van der Waals surface area contributed by atoms with Crippen molar-refractivity contribution in [3.05, 3.63) is 125 Å². The summed E-state index contributed by atoms with van der Waals surface area (Å²) in [6.45, 7) is 0.820. The van der Waals surface area contributed by atoms with Gasteiger partial charge >= 0.3 is 0 Å². The predicted molar refractivity (Wildman–Crippen MR) is 139 cm³/mol. The Bertz CT molecular complexity index is 1530. The highest BCUT2D eigenvalue weighted by Gasteiger charge is 2.28. The number of benzene rings is 4. The lowest BCUT2D eigenvalue weighted by molar-refractivity contribution is 0.0951. The van der Waals surface area contributed by atoms with Gasteiger partial charge in [0.05, 0.1) is 0 Å². The highest BCUT2D eigenvalue weighted by Crippen LogP contribution is 2.26. The van der Waals surface area contributed by atoms with Crippen LogP contribution in [0.3, 0.4) is 0 Å². The van der Waals surface area contributed by atoms with E-state index in [1.54, 1.807) is 42.5 Å². The van der Waals surface area contributed by atoms with Crippen molar-refractivity contribution in [2.75, 3.05) is 5.32 Å². The Morgan fingerprint density at radius 1 is 0.806 bits per heavy atom. The van der Waals surface area contributed by atoms with Crippen LogP contribution in [0.2, 0.25) is 0 Å². The van der Waals surface area contributed by atoms with Crippen molar-refractivity contribution in [3.8, 4) is 5.75 Å². The second kappa shape index (κ2) is 10.1. The molecule has 1 heterocycles. The number of nitrogens with zero attached hydrogens (tertiary/aromatic N) is 1. The number of carbonyl (C=O) groups is 1. The molecule has 0 fully saturated rings. The Balaban J connectivity index is 1.18. The Hall–Kier alpha value is -4.43. The Morgan fingerprint density at radius 3 is 2.33 bits per heavy atom.